The first kappa shape index (κ1) is 35.2. The molecule has 60 heavy (non-hydrogen) atoms. The molecule has 24 aliphatic carbocycles. The van der Waals surface area contributed by atoms with Crippen molar-refractivity contribution in [3.8, 4) is 0 Å². The zero-order valence-electron chi connectivity index (χ0n) is 38.3. The lowest BCUT2D eigenvalue weighted by atomic mass is 9.22. The predicted octanol–water partition coefficient (Wildman–Crippen LogP) is 15.2. The number of rotatable bonds is 5. The molecule has 24 saturated carbocycles. The number of hydrogen-bond donors (Lipinski definition) is 0. The van der Waals surface area contributed by atoms with Crippen molar-refractivity contribution >= 4 is 0 Å². The van der Waals surface area contributed by atoms with E-state index in [0.717, 1.165) is 163 Å². The second kappa shape index (κ2) is 11.1. The monoisotopic (exact) mass is 807 g/mol. The highest BCUT2D eigenvalue weighted by Gasteiger charge is 2.80. The second-order valence-corrected chi connectivity index (χ2v) is 31.7. The summed E-state index contributed by atoms with van der Waals surface area (Å²) in [5.41, 5.74) is 4.58. The second-order valence-electron chi connectivity index (χ2n) is 31.7. The maximum absolute atomic E-state index is 1.78. The van der Waals surface area contributed by atoms with Crippen LogP contribution < -0.4 is 0 Å². The van der Waals surface area contributed by atoms with Crippen LogP contribution in [0.4, 0.5) is 0 Å². The van der Waals surface area contributed by atoms with E-state index in [1.165, 1.54) is 0 Å². The molecular weight excluding hydrogens is 721 g/mol. The van der Waals surface area contributed by atoms with Gasteiger partial charge in [-0.05, 0) is 368 Å². The Bertz CT molecular complexity index is 1750. The average Bonchev–Trinajstić information content (AvgIpc) is 3.15. The first-order chi connectivity index (χ1) is 29.3. The molecule has 0 nitrogen and oxygen atoms in total. The molecule has 0 spiro atoms. The van der Waals surface area contributed by atoms with Gasteiger partial charge in [0.25, 0.3) is 0 Å². The molecule has 0 aliphatic heterocycles. The predicted molar refractivity (Wildman–Crippen MR) is 239 cm³/mol. The van der Waals surface area contributed by atoms with Crippen molar-refractivity contribution in [2.24, 2.45) is 163 Å². The Hall–Kier alpha value is 0. The van der Waals surface area contributed by atoms with E-state index < -0.39 is 0 Å². The van der Waals surface area contributed by atoms with Gasteiger partial charge in [0.1, 0.15) is 0 Å². The van der Waals surface area contributed by atoms with Crippen LogP contribution in [0.1, 0.15) is 205 Å². The molecule has 24 bridgehead atoms. The molecule has 24 fully saturated rings. The molecule has 24 aliphatic rings. The van der Waals surface area contributed by atoms with Crippen LogP contribution in [0.15, 0.2) is 0 Å². The van der Waals surface area contributed by atoms with Gasteiger partial charge >= 0.3 is 0 Å². The van der Waals surface area contributed by atoms with Crippen LogP contribution in [0.5, 0.6) is 0 Å². The van der Waals surface area contributed by atoms with E-state index in [1.807, 2.05) is 0 Å². The molecule has 12 unspecified atom stereocenters. The first-order valence-electron chi connectivity index (χ1n) is 29.3. The average molecular weight is 807 g/mol. The zero-order valence-corrected chi connectivity index (χ0v) is 38.3. The summed E-state index contributed by atoms with van der Waals surface area (Å²) in [5.74, 6) is 25.2. The van der Waals surface area contributed by atoms with Gasteiger partial charge in [-0.2, -0.15) is 0 Å². The van der Waals surface area contributed by atoms with Gasteiger partial charge in [0, 0.05) is 0 Å². The van der Waals surface area contributed by atoms with E-state index in [2.05, 4.69) is 0 Å². The fraction of sp³-hybridized carbons (Fsp3) is 1.00. The van der Waals surface area contributed by atoms with Crippen molar-refractivity contribution in [2.45, 2.75) is 205 Å². The van der Waals surface area contributed by atoms with Gasteiger partial charge in [-0.25, -0.2) is 0 Å². The highest BCUT2D eigenvalue weighted by Crippen LogP contribution is 2.88. The molecule has 0 amide bonds. The van der Waals surface area contributed by atoms with E-state index in [0.29, 0.717) is 0 Å². The number of hydrogen-bond acceptors (Lipinski definition) is 0. The van der Waals surface area contributed by atoms with Crippen molar-refractivity contribution in [1.82, 2.24) is 0 Å². The molecule has 0 aromatic carbocycles. The summed E-state index contributed by atoms with van der Waals surface area (Å²) >= 11 is 0. The summed E-state index contributed by atoms with van der Waals surface area (Å²) in [5, 5.41) is 0. The topological polar surface area (TPSA) is 0 Å². The lowest BCUT2D eigenvalue weighted by molar-refractivity contribution is -0.336. The standard InChI is InChI=1S/C60H86/c1-33-2-35-3-34(1)20-55(19-33,21-35)51-47-11-39-7-40(12-47)26-57(51,25-39)52-48-13-41-8-42(14-48)28-58(52,27-41)53-49-15-43-9-44(16-49)30-59(53,29-43)54-50-17-45-10-46(18-50)32-60(54,31-45)56-22-36-4-37(23-56)6-38(5-36)24-56/h33-54H,1-32H2. The molecule has 0 heteroatoms. The highest BCUT2D eigenvalue weighted by atomic mass is 14.8. The van der Waals surface area contributed by atoms with Crippen LogP contribution >= 0.6 is 0 Å². The summed E-state index contributed by atoms with van der Waals surface area (Å²) in [7, 11) is 0. The van der Waals surface area contributed by atoms with Crippen molar-refractivity contribution in [2.75, 3.05) is 0 Å². The van der Waals surface area contributed by atoms with Crippen LogP contribution in [-0.2, 0) is 0 Å². The smallest absolute Gasteiger partial charge is 0.0199 e. The SMILES string of the molecule is C1C2CC3CC1CC(C1C4CC5CC(C4)CC1(C1C4CC6CC(C4)CC1(C1C4CC7CC(C4)CC1(C1C4CC8CC(C4)CC1(C14CC9CC(CC(C9)C1)C4)C8)C7)C6)C5)(C2)C3. The minimum Gasteiger partial charge on any atom is -0.0475 e. The van der Waals surface area contributed by atoms with Crippen molar-refractivity contribution in [3.63, 3.8) is 0 Å². The Morgan fingerprint density at radius 2 is 0.450 bits per heavy atom. The minimum atomic E-state index is 0.746. The third kappa shape index (κ3) is 4.08. The summed E-state index contributed by atoms with van der Waals surface area (Å²) < 4.78 is 0. The third-order valence-corrected chi connectivity index (χ3v) is 29.1. The normalized spacial score (nSPS) is 71.6. The summed E-state index contributed by atoms with van der Waals surface area (Å²) in [4.78, 5) is 0. The van der Waals surface area contributed by atoms with Crippen LogP contribution in [-0.4, -0.2) is 0 Å². The van der Waals surface area contributed by atoms with Crippen molar-refractivity contribution in [3.05, 3.63) is 0 Å². The lowest BCUT2D eigenvalue weighted by Crippen LogP contribution is -2.75. The Labute approximate surface area is 366 Å². The fourth-order valence-corrected chi connectivity index (χ4v) is 31.9. The van der Waals surface area contributed by atoms with Crippen LogP contribution in [0, 0.1) is 163 Å². The first-order valence-corrected chi connectivity index (χ1v) is 29.3. The Kier molecular flexibility index (Phi) is 6.49. The van der Waals surface area contributed by atoms with Gasteiger partial charge in [-0.15, -0.1) is 0 Å². The van der Waals surface area contributed by atoms with Crippen LogP contribution in [0.2, 0.25) is 0 Å². The quantitative estimate of drug-likeness (QED) is 0.260. The Morgan fingerprint density at radius 3 is 0.817 bits per heavy atom. The molecule has 0 aromatic heterocycles. The highest BCUT2D eigenvalue weighted by molar-refractivity contribution is 5.29. The largest absolute Gasteiger partial charge is 0.0475 e. The summed E-state index contributed by atoms with van der Waals surface area (Å²) in [6.07, 6.45) is 55.1. The summed E-state index contributed by atoms with van der Waals surface area (Å²) in [6.45, 7) is 0. The van der Waals surface area contributed by atoms with Gasteiger partial charge in [-0.3, -0.25) is 0 Å². The van der Waals surface area contributed by atoms with E-state index in [1.54, 1.807) is 205 Å². The van der Waals surface area contributed by atoms with Crippen molar-refractivity contribution in [1.29, 1.82) is 0 Å². The van der Waals surface area contributed by atoms with Gasteiger partial charge in [0.2, 0.25) is 0 Å². The molecule has 12 atom stereocenters. The van der Waals surface area contributed by atoms with E-state index in [9.17, 15) is 0 Å². The van der Waals surface area contributed by atoms with Gasteiger partial charge in [-0.1, -0.05) is 0 Å². The lowest BCUT2D eigenvalue weighted by Gasteiger charge is -2.82. The van der Waals surface area contributed by atoms with Crippen LogP contribution in [0.25, 0.3) is 0 Å². The minimum absolute atomic E-state index is 0.746. The van der Waals surface area contributed by atoms with Gasteiger partial charge in [0.15, 0.2) is 0 Å². The van der Waals surface area contributed by atoms with E-state index >= 15 is 0 Å². The molecular formula is C60H86. The van der Waals surface area contributed by atoms with Crippen LogP contribution in [0.3, 0.4) is 0 Å². The maximum Gasteiger partial charge on any atom is -0.0199 e. The van der Waals surface area contributed by atoms with Gasteiger partial charge in [0.05, 0.1) is 0 Å². The van der Waals surface area contributed by atoms with E-state index in [-0.39, 0.29) is 0 Å². The van der Waals surface area contributed by atoms with E-state index in [4.69, 9.17) is 0 Å². The van der Waals surface area contributed by atoms with Crippen molar-refractivity contribution < 1.29 is 0 Å². The third-order valence-electron chi connectivity index (χ3n) is 29.1. The van der Waals surface area contributed by atoms with Gasteiger partial charge < -0.3 is 0 Å². The summed E-state index contributed by atoms with van der Waals surface area (Å²) in [6, 6.07) is 0. The molecule has 24 rings (SSSR count). The molecule has 0 saturated heterocycles. The Morgan fingerprint density at radius 1 is 0.200 bits per heavy atom. The molecule has 0 aromatic rings. The molecule has 326 valence electrons. The molecule has 0 radical (unpaired) electrons. The molecule has 0 N–H and O–H groups in total. The molecule has 0 heterocycles. The Balaban J connectivity index is 0.844. The fourth-order valence-electron chi connectivity index (χ4n) is 31.9. The zero-order chi connectivity index (χ0) is 38.3. The maximum atomic E-state index is 1.78.